The molecular formula is C34H31Cl4N8O3P. The predicted octanol–water partition coefficient (Wildman–Crippen LogP) is 8.83. The minimum atomic E-state index is -2.82. The Morgan fingerprint density at radius 2 is 1.14 bits per heavy atom. The number of aromatic nitrogens is 6. The predicted molar refractivity (Wildman–Crippen MR) is 199 cm³/mol. The topological polar surface area (TPSA) is 103 Å². The molecular weight excluding hydrogens is 741 g/mol. The van der Waals surface area contributed by atoms with Gasteiger partial charge in [-0.05, 0) is 49.9 Å². The van der Waals surface area contributed by atoms with Crippen molar-refractivity contribution in [2.75, 3.05) is 36.0 Å². The fourth-order valence-electron chi connectivity index (χ4n) is 6.74. The number of nitrogens with zero attached hydrogens (tertiary/aromatic N) is 8. The molecule has 6 heterocycles. The molecule has 2 aliphatic heterocycles. The lowest BCUT2D eigenvalue weighted by Crippen LogP contribution is -2.40. The van der Waals surface area contributed by atoms with E-state index in [2.05, 4.69) is 19.8 Å². The molecule has 2 aliphatic rings. The number of rotatable bonds is 8. The van der Waals surface area contributed by atoms with E-state index in [4.69, 9.17) is 65.4 Å². The first-order valence-corrected chi connectivity index (χ1v) is 19.0. The fraction of sp³-hybridized carbons (Fsp3) is 0.294. The lowest BCUT2D eigenvalue weighted by atomic mass is 10.1. The lowest BCUT2D eigenvalue weighted by Gasteiger charge is -2.35. The molecule has 2 saturated heterocycles. The van der Waals surface area contributed by atoms with Crippen molar-refractivity contribution in [2.45, 2.75) is 37.9 Å². The normalized spacial score (nSPS) is 19.0. The molecule has 8 rings (SSSR count). The van der Waals surface area contributed by atoms with E-state index in [9.17, 15) is 4.57 Å². The van der Waals surface area contributed by atoms with Gasteiger partial charge in [0.2, 0.25) is 0 Å². The number of benzene rings is 2. The van der Waals surface area contributed by atoms with Crippen LogP contribution in [0.4, 0.5) is 11.6 Å². The SMILES string of the molecule is O=[PH](OC1CCCN(c2cc(-n3ccnc3)c3ccc(Cl)c(Cl)c3n2)C1)OC1CCCN(c2cc(-n3ccnc3)c3ccc(Cl)c(Cl)c3n2)C1. The minimum Gasteiger partial charge on any atom is -0.354 e. The van der Waals surface area contributed by atoms with Crippen molar-refractivity contribution >= 4 is 88.1 Å². The molecule has 2 aromatic carbocycles. The van der Waals surface area contributed by atoms with E-state index in [1.165, 1.54) is 0 Å². The van der Waals surface area contributed by atoms with Crippen LogP contribution in [0.1, 0.15) is 25.7 Å². The number of hydrogen-bond acceptors (Lipinski definition) is 9. The molecule has 4 aromatic heterocycles. The van der Waals surface area contributed by atoms with Gasteiger partial charge in [0.25, 0.3) is 0 Å². The first-order chi connectivity index (χ1) is 24.3. The molecule has 0 amide bonds. The summed E-state index contributed by atoms with van der Waals surface area (Å²) in [5.41, 5.74) is 2.97. The molecule has 50 heavy (non-hydrogen) atoms. The van der Waals surface area contributed by atoms with Crippen molar-refractivity contribution in [3.8, 4) is 11.4 Å². The molecule has 16 heteroatoms. The Kier molecular flexibility index (Phi) is 9.65. The van der Waals surface area contributed by atoms with E-state index in [1.807, 2.05) is 45.8 Å². The van der Waals surface area contributed by atoms with Gasteiger partial charge in [0, 0.05) is 73.9 Å². The summed E-state index contributed by atoms with van der Waals surface area (Å²) in [7, 11) is -2.82. The number of fused-ring (bicyclic) bond motifs is 2. The van der Waals surface area contributed by atoms with E-state index in [1.54, 1.807) is 37.2 Å². The summed E-state index contributed by atoms with van der Waals surface area (Å²) < 4.78 is 29.4. The van der Waals surface area contributed by atoms with Crippen LogP contribution in [0, 0.1) is 0 Å². The zero-order valence-corrected chi connectivity index (χ0v) is 30.6. The maximum absolute atomic E-state index is 13.4. The van der Waals surface area contributed by atoms with E-state index in [0.29, 0.717) is 44.2 Å². The third kappa shape index (κ3) is 6.68. The molecule has 0 aliphatic carbocycles. The molecule has 2 unspecified atom stereocenters. The smallest absolute Gasteiger partial charge is 0.319 e. The third-order valence-corrected chi connectivity index (χ3v) is 11.8. The Morgan fingerprint density at radius 3 is 1.56 bits per heavy atom. The maximum Gasteiger partial charge on any atom is 0.319 e. The molecule has 11 nitrogen and oxygen atoms in total. The highest BCUT2D eigenvalue weighted by Crippen LogP contribution is 2.39. The van der Waals surface area contributed by atoms with Gasteiger partial charge in [0.05, 0.1) is 67.4 Å². The summed E-state index contributed by atoms with van der Waals surface area (Å²) in [4.78, 5) is 22.5. The average Bonchev–Trinajstić information content (AvgIpc) is 3.87. The van der Waals surface area contributed by atoms with E-state index >= 15 is 0 Å². The highest BCUT2D eigenvalue weighted by atomic mass is 35.5. The first-order valence-electron chi connectivity index (χ1n) is 16.2. The Balaban J connectivity index is 0.974. The number of imidazole rings is 2. The second kappa shape index (κ2) is 14.3. The number of anilines is 2. The van der Waals surface area contributed by atoms with Crippen LogP contribution in [-0.2, 0) is 13.6 Å². The highest BCUT2D eigenvalue weighted by Gasteiger charge is 2.28. The summed E-state index contributed by atoms with van der Waals surface area (Å²) in [6.07, 6.45) is 13.2. The van der Waals surface area contributed by atoms with E-state index < -0.39 is 8.25 Å². The van der Waals surface area contributed by atoms with Crippen molar-refractivity contribution in [3.05, 3.63) is 93.9 Å². The number of halogens is 4. The van der Waals surface area contributed by atoms with Crippen LogP contribution < -0.4 is 9.80 Å². The first kappa shape index (κ1) is 33.7. The van der Waals surface area contributed by atoms with Crippen molar-refractivity contribution in [1.82, 2.24) is 29.1 Å². The Morgan fingerprint density at radius 1 is 0.680 bits per heavy atom. The van der Waals surface area contributed by atoms with Gasteiger partial charge < -0.3 is 28.0 Å². The van der Waals surface area contributed by atoms with Crippen LogP contribution >= 0.6 is 54.7 Å². The Hall–Kier alpha value is -3.41. The highest BCUT2D eigenvalue weighted by molar-refractivity contribution is 7.33. The third-order valence-electron chi connectivity index (χ3n) is 9.17. The zero-order valence-electron chi connectivity index (χ0n) is 26.6. The second-order valence-electron chi connectivity index (χ2n) is 12.4. The quantitative estimate of drug-likeness (QED) is 0.141. The monoisotopic (exact) mass is 770 g/mol. The molecule has 0 N–H and O–H groups in total. The van der Waals surface area contributed by atoms with Crippen molar-refractivity contribution < 1.29 is 13.6 Å². The van der Waals surface area contributed by atoms with E-state index in [-0.39, 0.29) is 12.2 Å². The standard InChI is InChI=1S/C34H31Cl4N8O3P/c35-25-7-5-23-27(45-13-9-39-19-45)15-29(41-33(23)31(25)37)43-11-1-3-21(17-43)48-50(47)49-22-4-2-12-44(18-22)30-16-28(46-14-10-40-20-46)24-6-8-26(36)32(38)34(24)42-30/h5-10,13-16,19-22,50H,1-4,11-12,17-18H2. The molecule has 258 valence electrons. The largest absolute Gasteiger partial charge is 0.354 e. The average molecular weight is 772 g/mol. The van der Waals surface area contributed by atoms with Gasteiger partial charge in [-0.2, -0.15) is 0 Å². The Labute approximate surface area is 308 Å². The van der Waals surface area contributed by atoms with Gasteiger partial charge in [-0.15, -0.1) is 0 Å². The van der Waals surface area contributed by atoms with Crippen molar-refractivity contribution in [3.63, 3.8) is 0 Å². The Bertz CT molecular complexity index is 2050. The van der Waals surface area contributed by atoms with Crippen LogP contribution in [0.15, 0.2) is 73.8 Å². The molecule has 6 aromatic rings. The zero-order chi connectivity index (χ0) is 34.4. The number of piperidine rings is 2. The molecule has 2 fully saturated rings. The fourth-order valence-corrected chi connectivity index (χ4v) is 8.45. The van der Waals surface area contributed by atoms with Gasteiger partial charge in [-0.3, -0.25) is 4.57 Å². The summed E-state index contributed by atoms with van der Waals surface area (Å²) >= 11 is 26.0. The minimum absolute atomic E-state index is 0.300. The molecule has 0 spiro atoms. The molecule has 0 saturated carbocycles. The van der Waals surface area contributed by atoms with Crippen LogP contribution in [0.5, 0.6) is 0 Å². The van der Waals surface area contributed by atoms with Crippen molar-refractivity contribution in [1.29, 1.82) is 0 Å². The van der Waals surface area contributed by atoms with E-state index in [0.717, 1.165) is 72.6 Å². The van der Waals surface area contributed by atoms with Gasteiger partial charge in [0.15, 0.2) is 0 Å². The second-order valence-corrected chi connectivity index (χ2v) is 14.9. The number of hydrogen-bond donors (Lipinski definition) is 0. The summed E-state index contributed by atoms with van der Waals surface area (Å²) in [6, 6.07) is 11.4. The lowest BCUT2D eigenvalue weighted by molar-refractivity contribution is 0.112. The molecule has 0 bridgehead atoms. The van der Waals surface area contributed by atoms with Gasteiger partial charge in [0.1, 0.15) is 11.6 Å². The summed E-state index contributed by atoms with van der Waals surface area (Å²) in [5, 5.41) is 3.35. The molecule has 0 radical (unpaired) electrons. The maximum atomic E-state index is 13.4. The molecule has 2 atom stereocenters. The van der Waals surface area contributed by atoms with Crippen molar-refractivity contribution in [2.24, 2.45) is 0 Å². The van der Waals surface area contributed by atoms with Gasteiger partial charge >= 0.3 is 8.25 Å². The summed E-state index contributed by atoms with van der Waals surface area (Å²) in [6.45, 7) is 2.51. The van der Waals surface area contributed by atoms with Gasteiger partial charge in [-0.25, -0.2) is 19.9 Å². The van der Waals surface area contributed by atoms with Gasteiger partial charge in [-0.1, -0.05) is 46.4 Å². The summed E-state index contributed by atoms with van der Waals surface area (Å²) in [5.74, 6) is 1.45. The van der Waals surface area contributed by atoms with Crippen LogP contribution in [0.2, 0.25) is 20.1 Å². The van der Waals surface area contributed by atoms with Crippen LogP contribution in [0.3, 0.4) is 0 Å². The van der Waals surface area contributed by atoms with Crippen LogP contribution in [-0.4, -0.2) is 67.5 Å². The number of pyridine rings is 2. The van der Waals surface area contributed by atoms with Crippen LogP contribution in [0.25, 0.3) is 33.2 Å².